The van der Waals surface area contributed by atoms with Gasteiger partial charge in [-0.2, -0.15) is 0 Å². The van der Waals surface area contributed by atoms with E-state index in [-0.39, 0.29) is 22.4 Å². The van der Waals surface area contributed by atoms with Gasteiger partial charge in [0.15, 0.2) is 0 Å². The van der Waals surface area contributed by atoms with Gasteiger partial charge in [-0.1, -0.05) is 6.07 Å². The van der Waals surface area contributed by atoms with Crippen molar-refractivity contribution < 1.29 is 14.5 Å². The van der Waals surface area contributed by atoms with Crippen molar-refractivity contribution in [1.29, 1.82) is 0 Å². The Kier molecular flexibility index (Phi) is 4.98. The summed E-state index contributed by atoms with van der Waals surface area (Å²) in [5.74, 6) is -0.169. The molecule has 8 heteroatoms. The Balaban J connectivity index is 1.56. The van der Waals surface area contributed by atoms with E-state index >= 15 is 0 Å². The number of nitrogens with zero attached hydrogens (tertiary/aromatic N) is 4. The number of carbonyl (C=O) groups excluding carboxylic acids is 2. The lowest BCUT2D eigenvalue weighted by molar-refractivity contribution is -0.384. The summed E-state index contributed by atoms with van der Waals surface area (Å²) in [5, 5.41) is 11.3. The first-order valence-electron chi connectivity index (χ1n) is 8.51. The molecule has 0 radical (unpaired) electrons. The van der Waals surface area contributed by atoms with Gasteiger partial charge in [-0.25, -0.2) is 0 Å². The highest BCUT2D eigenvalue weighted by atomic mass is 16.6. The number of aryl methyl sites for hydroxylation is 1. The zero-order valence-corrected chi connectivity index (χ0v) is 14.3. The molecule has 0 N–H and O–H groups in total. The zero-order chi connectivity index (χ0) is 18.0. The molecule has 25 heavy (non-hydrogen) atoms. The Morgan fingerprint density at radius 2 is 1.68 bits per heavy atom. The second-order valence-electron chi connectivity index (χ2n) is 6.52. The molecule has 0 aromatic heterocycles. The molecule has 2 aliphatic rings. The Morgan fingerprint density at radius 1 is 1.04 bits per heavy atom. The zero-order valence-electron chi connectivity index (χ0n) is 14.3. The van der Waals surface area contributed by atoms with E-state index in [0.29, 0.717) is 44.7 Å². The van der Waals surface area contributed by atoms with Crippen LogP contribution in [0.5, 0.6) is 0 Å². The summed E-state index contributed by atoms with van der Waals surface area (Å²) in [7, 11) is 0. The highest BCUT2D eigenvalue weighted by Crippen LogP contribution is 2.29. The van der Waals surface area contributed by atoms with E-state index in [1.807, 2.05) is 24.0 Å². The van der Waals surface area contributed by atoms with Gasteiger partial charge in [0.2, 0.25) is 11.8 Å². The largest absolute Gasteiger partial charge is 0.363 e. The molecular weight excluding hydrogens is 324 g/mol. The minimum Gasteiger partial charge on any atom is -0.363 e. The topological polar surface area (TPSA) is 87.0 Å². The van der Waals surface area contributed by atoms with Crippen molar-refractivity contribution in [3.63, 3.8) is 0 Å². The van der Waals surface area contributed by atoms with E-state index in [2.05, 4.69) is 4.90 Å². The number of nitro groups is 1. The van der Waals surface area contributed by atoms with E-state index in [1.165, 1.54) is 4.90 Å². The van der Waals surface area contributed by atoms with Gasteiger partial charge in [-0.05, 0) is 18.6 Å². The predicted molar refractivity (Wildman–Crippen MR) is 92.4 cm³/mol. The third-order valence-electron chi connectivity index (χ3n) is 4.84. The van der Waals surface area contributed by atoms with Crippen LogP contribution in [0.4, 0.5) is 11.4 Å². The maximum atomic E-state index is 11.6. The molecule has 1 aromatic carbocycles. The number of rotatable bonds is 5. The summed E-state index contributed by atoms with van der Waals surface area (Å²) in [6, 6.07) is 5.30. The lowest BCUT2D eigenvalue weighted by Gasteiger charge is -2.36. The van der Waals surface area contributed by atoms with Gasteiger partial charge < -0.3 is 4.90 Å². The van der Waals surface area contributed by atoms with Crippen LogP contribution in [0.2, 0.25) is 0 Å². The van der Waals surface area contributed by atoms with Gasteiger partial charge in [0.1, 0.15) is 5.69 Å². The maximum absolute atomic E-state index is 11.6. The molecule has 2 fully saturated rings. The van der Waals surface area contributed by atoms with Crippen LogP contribution in [-0.4, -0.2) is 65.8 Å². The predicted octanol–water partition coefficient (Wildman–Crippen LogP) is 1.17. The lowest BCUT2D eigenvalue weighted by atomic mass is 10.1. The summed E-state index contributed by atoms with van der Waals surface area (Å²) < 4.78 is 0. The van der Waals surface area contributed by atoms with Gasteiger partial charge in [-0.3, -0.25) is 29.5 Å². The molecule has 8 nitrogen and oxygen atoms in total. The van der Waals surface area contributed by atoms with Crippen LogP contribution in [0.15, 0.2) is 18.2 Å². The van der Waals surface area contributed by atoms with Crippen molar-refractivity contribution in [2.75, 3.05) is 44.2 Å². The van der Waals surface area contributed by atoms with Crippen LogP contribution in [0.1, 0.15) is 18.4 Å². The summed E-state index contributed by atoms with van der Waals surface area (Å²) in [5.41, 5.74) is 1.66. The standard InChI is InChI=1S/C17H22N4O4/c1-13-2-3-14(15(12-13)21(24)25)19-9-6-18(7-10-19)8-11-20-16(22)4-5-17(20)23/h2-3,12H,4-11H2,1H3. The van der Waals surface area contributed by atoms with Crippen LogP contribution in [0.25, 0.3) is 0 Å². The van der Waals surface area contributed by atoms with Gasteiger partial charge in [-0.15, -0.1) is 0 Å². The normalized spacial score (nSPS) is 18.9. The molecule has 3 rings (SSSR count). The molecule has 0 spiro atoms. The Bertz CT molecular complexity index is 682. The van der Waals surface area contributed by atoms with Crippen LogP contribution >= 0.6 is 0 Å². The summed E-state index contributed by atoms with van der Waals surface area (Å²) in [6.07, 6.45) is 0.646. The van der Waals surface area contributed by atoms with Crippen LogP contribution in [-0.2, 0) is 9.59 Å². The van der Waals surface area contributed by atoms with Crippen molar-refractivity contribution >= 4 is 23.2 Å². The third-order valence-corrected chi connectivity index (χ3v) is 4.84. The summed E-state index contributed by atoms with van der Waals surface area (Å²) >= 11 is 0. The fourth-order valence-electron chi connectivity index (χ4n) is 3.37. The summed E-state index contributed by atoms with van der Waals surface area (Å²) in [6.45, 7) is 5.80. The van der Waals surface area contributed by atoms with E-state index in [0.717, 1.165) is 18.7 Å². The van der Waals surface area contributed by atoms with E-state index in [1.54, 1.807) is 6.07 Å². The van der Waals surface area contributed by atoms with Gasteiger partial charge in [0.25, 0.3) is 5.69 Å². The van der Waals surface area contributed by atoms with Gasteiger partial charge in [0.05, 0.1) is 4.92 Å². The van der Waals surface area contributed by atoms with Gasteiger partial charge >= 0.3 is 0 Å². The second kappa shape index (κ2) is 7.18. The first-order valence-corrected chi connectivity index (χ1v) is 8.51. The molecule has 2 saturated heterocycles. The fraction of sp³-hybridized carbons (Fsp3) is 0.529. The Hall–Kier alpha value is -2.48. The quantitative estimate of drug-likeness (QED) is 0.452. The lowest BCUT2D eigenvalue weighted by Crippen LogP contribution is -2.49. The monoisotopic (exact) mass is 346 g/mol. The number of piperazine rings is 1. The number of likely N-dealkylation sites (tertiary alicyclic amines) is 1. The first-order chi connectivity index (χ1) is 12.0. The molecule has 2 aliphatic heterocycles. The molecule has 0 aliphatic carbocycles. The Labute approximate surface area is 146 Å². The van der Waals surface area contributed by atoms with E-state index in [4.69, 9.17) is 0 Å². The average molecular weight is 346 g/mol. The SMILES string of the molecule is Cc1ccc(N2CCN(CCN3C(=O)CCC3=O)CC2)c([N+](=O)[O-])c1. The number of benzene rings is 1. The number of nitro benzene ring substituents is 1. The molecule has 0 atom stereocenters. The minimum atomic E-state index is -0.334. The number of imide groups is 1. The van der Waals surface area contributed by atoms with Crippen LogP contribution in [0.3, 0.4) is 0 Å². The smallest absolute Gasteiger partial charge is 0.292 e. The highest BCUT2D eigenvalue weighted by Gasteiger charge is 2.29. The number of hydrogen-bond donors (Lipinski definition) is 0. The molecule has 134 valence electrons. The molecule has 0 bridgehead atoms. The number of anilines is 1. The van der Waals surface area contributed by atoms with Crippen molar-refractivity contribution in [1.82, 2.24) is 9.80 Å². The first kappa shape index (κ1) is 17.3. The number of amides is 2. The van der Waals surface area contributed by atoms with E-state index in [9.17, 15) is 19.7 Å². The van der Waals surface area contributed by atoms with E-state index < -0.39 is 0 Å². The third kappa shape index (κ3) is 3.79. The number of hydrogen-bond acceptors (Lipinski definition) is 6. The van der Waals surface area contributed by atoms with Crippen LogP contribution < -0.4 is 4.90 Å². The number of carbonyl (C=O) groups is 2. The molecule has 2 heterocycles. The van der Waals surface area contributed by atoms with Crippen molar-refractivity contribution in [2.45, 2.75) is 19.8 Å². The minimum absolute atomic E-state index is 0.0843. The molecular formula is C17H22N4O4. The molecule has 0 saturated carbocycles. The maximum Gasteiger partial charge on any atom is 0.292 e. The molecule has 1 aromatic rings. The Morgan fingerprint density at radius 3 is 2.28 bits per heavy atom. The van der Waals surface area contributed by atoms with Crippen LogP contribution in [0, 0.1) is 17.0 Å². The van der Waals surface area contributed by atoms with Crippen molar-refractivity contribution in [3.8, 4) is 0 Å². The fourth-order valence-corrected chi connectivity index (χ4v) is 3.37. The molecule has 2 amide bonds. The van der Waals surface area contributed by atoms with Crippen molar-refractivity contribution in [3.05, 3.63) is 33.9 Å². The average Bonchev–Trinajstić information content (AvgIpc) is 2.92. The van der Waals surface area contributed by atoms with Gasteiger partial charge in [0, 0.05) is 58.2 Å². The highest BCUT2D eigenvalue weighted by molar-refractivity contribution is 6.01. The second-order valence-corrected chi connectivity index (χ2v) is 6.52. The molecule has 0 unspecified atom stereocenters. The summed E-state index contributed by atoms with van der Waals surface area (Å²) in [4.78, 5) is 39.8. The van der Waals surface area contributed by atoms with Crippen molar-refractivity contribution in [2.24, 2.45) is 0 Å².